The fourth-order valence-electron chi connectivity index (χ4n) is 2.39. The summed E-state index contributed by atoms with van der Waals surface area (Å²) in [6.07, 6.45) is 0.973. The molecule has 1 rings (SSSR count). The van der Waals surface area contributed by atoms with Crippen LogP contribution in [-0.2, 0) is 9.53 Å². The van der Waals surface area contributed by atoms with Gasteiger partial charge in [0.1, 0.15) is 11.1 Å². The van der Waals surface area contributed by atoms with Crippen LogP contribution in [0.5, 0.6) is 0 Å². The van der Waals surface area contributed by atoms with Crippen LogP contribution < -0.4 is 5.32 Å². The number of rotatable bonds is 2. The molecule has 0 saturated heterocycles. The van der Waals surface area contributed by atoms with Crippen LogP contribution in [0.2, 0.25) is 0 Å². The van der Waals surface area contributed by atoms with Gasteiger partial charge in [0.25, 0.3) is 0 Å². The van der Waals surface area contributed by atoms with E-state index < -0.39 is 23.2 Å². The van der Waals surface area contributed by atoms with Crippen LogP contribution in [0.15, 0.2) is 0 Å². The maximum absolute atomic E-state index is 11.7. The highest BCUT2D eigenvalue weighted by molar-refractivity contribution is 5.85. The van der Waals surface area contributed by atoms with Crippen molar-refractivity contribution >= 4 is 12.1 Å². The van der Waals surface area contributed by atoms with Crippen LogP contribution in [0.3, 0.4) is 0 Å². The standard InChI is InChI=1S/C13H23NO4/c1-11(2,3)18-10(17)14-13(9(15)16)7-6-12(4,5)8-13/h6-8H2,1-5H3,(H,14,17)(H,15,16). The third kappa shape index (κ3) is 3.62. The van der Waals surface area contributed by atoms with Crippen molar-refractivity contribution in [3.05, 3.63) is 0 Å². The fourth-order valence-corrected chi connectivity index (χ4v) is 2.39. The molecule has 1 fully saturated rings. The van der Waals surface area contributed by atoms with Gasteiger partial charge in [0, 0.05) is 0 Å². The van der Waals surface area contributed by atoms with Gasteiger partial charge in [0.05, 0.1) is 0 Å². The lowest BCUT2D eigenvalue weighted by atomic mass is 9.88. The molecule has 1 aliphatic rings. The van der Waals surface area contributed by atoms with Crippen molar-refractivity contribution in [2.75, 3.05) is 0 Å². The molecular formula is C13H23NO4. The number of alkyl carbamates (subject to hydrolysis) is 1. The quantitative estimate of drug-likeness (QED) is 0.797. The lowest BCUT2D eigenvalue weighted by Crippen LogP contribution is -2.54. The smallest absolute Gasteiger partial charge is 0.408 e. The first-order chi connectivity index (χ1) is 7.96. The van der Waals surface area contributed by atoms with Gasteiger partial charge in [0.2, 0.25) is 0 Å². The van der Waals surface area contributed by atoms with Crippen molar-refractivity contribution in [1.29, 1.82) is 0 Å². The summed E-state index contributed by atoms with van der Waals surface area (Å²) >= 11 is 0. The molecule has 2 N–H and O–H groups in total. The van der Waals surface area contributed by atoms with E-state index in [1.54, 1.807) is 20.8 Å². The Hall–Kier alpha value is -1.26. The van der Waals surface area contributed by atoms with Crippen molar-refractivity contribution in [3.63, 3.8) is 0 Å². The highest BCUT2D eigenvalue weighted by Crippen LogP contribution is 2.43. The average Bonchev–Trinajstić information content (AvgIpc) is 2.39. The van der Waals surface area contributed by atoms with Gasteiger partial charge in [0.15, 0.2) is 0 Å². The molecule has 0 bridgehead atoms. The van der Waals surface area contributed by atoms with Gasteiger partial charge >= 0.3 is 12.1 Å². The number of nitrogens with one attached hydrogen (secondary N) is 1. The Balaban J connectivity index is 2.78. The molecule has 0 aliphatic heterocycles. The molecular weight excluding hydrogens is 234 g/mol. The Bertz CT molecular complexity index is 356. The zero-order chi connectivity index (χ0) is 14.2. The van der Waals surface area contributed by atoms with Gasteiger partial charge in [-0.3, -0.25) is 0 Å². The van der Waals surface area contributed by atoms with Crippen LogP contribution in [0.1, 0.15) is 53.9 Å². The molecule has 1 amide bonds. The number of aliphatic carboxylic acids is 1. The van der Waals surface area contributed by atoms with E-state index in [9.17, 15) is 14.7 Å². The lowest BCUT2D eigenvalue weighted by Gasteiger charge is -2.29. The monoisotopic (exact) mass is 257 g/mol. The maximum Gasteiger partial charge on any atom is 0.408 e. The lowest BCUT2D eigenvalue weighted by molar-refractivity contribution is -0.145. The second-order valence-corrected chi connectivity index (χ2v) is 6.86. The van der Waals surface area contributed by atoms with E-state index in [2.05, 4.69) is 5.32 Å². The SMILES string of the molecule is CC1(C)CCC(NC(=O)OC(C)(C)C)(C(=O)O)C1. The minimum atomic E-state index is -1.19. The Labute approximate surface area is 108 Å². The van der Waals surface area contributed by atoms with E-state index in [1.807, 2.05) is 13.8 Å². The van der Waals surface area contributed by atoms with E-state index in [4.69, 9.17) is 4.74 Å². The molecule has 0 spiro atoms. The number of carboxylic acids is 1. The average molecular weight is 257 g/mol. The zero-order valence-electron chi connectivity index (χ0n) is 11.8. The molecule has 18 heavy (non-hydrogen) atoms. The molecule has 0 radical (unpaired) electrons. The zero-order valence-corrected chi connectivity index (χ0v) is 11.8. The molecule has 5 heteroatoms. The topological polar surface area (TPSA) is 75.6 Å². The number of carbonyl (C=O) groups excluding carboxylic acids is 1. The van der Waals surface area contributed by atoms with Crippen LogP contribution in [-0.4, -0.2) is 28.3 Å². The van der Waals surface area contributed by atoms with Crippen molar-refractivity contribution in [2.45, 2.75) is 65.0 Å². The summed E-state index contributed by atoms with van der Waals surface area (Å²) in [7, 11) is 0. The van der Waals surface area contributed by atoms with Crippen molar-refractivity contribution in [2.24, 2.45) is 5.41 Å². The third-order valence-corrected chi connectivity index (χ3v) is 3.16. The Morgan fingerprint density at radius 2 is 1.78 bits per heavy atom. The van der Waals surface area contributed by atoms with Crippen LogP contribution in [0.4, 0.5) is 4.79 Å². The third-order valence-electron chi connectivity index (χ3n) is 3.16. The molecule has 0 aromatic carbocycles. The van der Waals surface area contributed by atoms with Crippen molar-refractivity contribution in [1.82, 2.24) is 5.32 Å². The predicted molar refractivity (Wildman–Crippen MR) is 67.4 cm³/mol. The van der Waals surface area contributed by atoms with Crippen molar-refractivity contribution < 1.29 is 19.4 Å². The maximum atomic E-state index is 11.7. The highest BCUT2D eigenvalue weighted by Gasteiger charge is 2.50. The minimum absolute atomic E-state index is 0.0760. The second-order valence-electron chi connectivity index (χ2n) is 6.86. The van der Waals surface area contributed by atoms with E-state index in [1.165, 1.54) is 0 Å². The van der Waals surface area contributed by atoms with Crippen LogP contribution in [0.25, 0.3) is 0 Å². The van der Waals surface area contributed by atoms with E-state index >= 15 is 0 Å². The molecule has 104 valence electrons. The summed E-state index contributed by atoms with van der Waals surface area (Å²) in [6.45, 7) is 9.26. The summed E-state index contributed by atoms with van der Waals surface area (Å²) in [5.41, 5.74) is -1.89. The highest BCUT2D eigenvalue weighted by atomic mass is 16.6. The fraction of sp³-hybridized carbons (Fsp3) is 0.846. The molecule has 0 aromatic rings. The minimum Gasteiger partial charge on any atom is -0.480 e. The number of hydrogen-bond donors (Lipinski definition) is 2. The second kappa shape index (κ2) is 4.44. The van der Waals surface area contributed by atoms with Gasteiger partial charge in [-0.05, 0) is 45.4 Å². The molecule has 1 unspecified atom stereocenters. The Kier molecular flexibility index (Phi) is 3.65. The molecule has 1 atom stereocenters. The predicted octanol–water partition coefficient (Wildman–Crippen LogP) is 2.54. The number of amides is 1. The van der Waals surface area contributed by atoms with Crippen molar-refractivity contribution in [3.8, 4) is 0 Å². The summed E-state index contributed by atoms with van der Waals surface area (Å²) in [6, 6.07) is 0. The van der Waals surface area contributed by atoms with E-state index in [0.717, 1.165) is 6.42 Å². The first-order valence-corrected chi connectivity index (χ1v) is 6.20. The van der Waals surface area contributed by atoms with Crippen LogP contribution in [0, 0.1) is 5.41 Å². The Morgan fingerprint density at radius 1 is 1.22 bits per heavy atom. The number of hydrogen-bond acceptors (Lipinski definition) is 3. The van der Waals surface area contributed by atoms with E-state index in [-0.39, 0.29) is 5.41 Å². The van der Waals surface area contributed by atoms with Gasteiger partial charge < -0.3 is 15.2 Å². The number of ether oxygens (including phenoxy) is 1. The molecule has 0 heterocycles. The van der Waals surface area contributed by atoms with Gasteiger partial charge in [-0.15, -0.1) is 0 Å². The normalized spacial score (nSPS) is 26.7. The molecule has 0 aromatic heterocycles. The number of carboxylic acid groups (broad SMARTS) is 1. The molecule has 1 saturated carbocycles. The largest absolute Gasteiger partial charge is 0.480 e. The van der Waals surface area contributed by atoms with E-state index in [0.29, 0.717) is 12.8 Å². The first-order valence-electron chi connectivity index (χ1n) is 6.20. The molecule has 5 nitrogen and oxygen atoms in total. The first kappa shape index (κ1) is 14.8. The summed E-state index contributed by atoms with van der Waals surface area (Å²) in [4.78, 5) is 23.2. The van der Waals surface area contributed by atoms with Gasteiger partial charge in [-0.1, -0.05) is 13.8 Å². The Morgan fingerprint density at radius 3 is 2.11 bits per heavy atom. The molecule has 1 aliphatic carbocycles. The number of carbonyl (C=O) groups is 2. The summed E-state index contributed by atoms with van der Waals surface area (Å²) in [5.74, 6) is -0.987. The van der Waals surface area contributed by atoms with Crippen LogP contribution >= 0.6 is 0 Å². The van der Waals surface area contributed by atoms with Gasteiger partial charge in [-0.2, -0.15) is 0 Å². The summed E-state index contributed by atoms with van der Waals surface area (Å²) in [5, 5.41) is 11.9. The van der Waals surface area contributed by atoms with Gasteiger partial charge in [-0.25, -0.2) is 9.59 Å². The summed E-state index contributed by atoms with van der Waals surface area (Å²) < 4.78 is 5.13.